The summed E-state index contributed by atoms with van der Waals surface area (Å²) in [6.07, 6.45) is 4.47. The van der Waals surface area contributed by atoms with Crippen molar-refractivity contribution in [1.82, 2.24) is 24.5 Å². The molecule has 1 amide bonds. The molecule has 0 N–H and O–H groups in total. The molecule has 31 heavy (non-hydrogen) atoms. The minimum absolute atomic E-state index is 0.148. The van der Waals surface area contributed by atoms with Crippen molar-refractivity contribution in [1.29, 1.82) is 0 Å². The molecule has 2 aliphatic rings. The number of rotatable bonds is 4. The molecule has 4 rings (SSSR count). The van der Waals surface area contributed by atoms with Gasteiger partial charge in [0.1, 0.15) is 17.7 Å². The summed E-state index contributed by atoms with van der Waals surface area (Å²) in [5.74, 6) is -3.14. The second-order valence-corrected chi connectivity index (χ2v) is 8.28. The Labute approximate surface area is 178 Å². The van der Waals surface area contributed by atoms with Gasteiger partial charge < -0.3 is 14.4 Å². The zero-order valence-electron chi connectivity index (χ0n) is 17.9. The number of likely N-dealkylation sites (tertiary alicyclic amines) is 1. The van der Waals surface area contributed by atoms with Gasteiger partial charge in [-0.1, -0.05) is 0 Å². The molecule has 1 aliphatic heterocycles. The van der Waals surface area contributed by atoms with Crippen molar-refractivity contribution >= 4 is 11.7 Å². The lowest BCUT2D eigenvalue weighted by Gasteiger charge is -2.39. The fourth-order valence-corrected chi connectivity index (χ4v) is 4.37. The van der Waals surface area contributed by atoms with Gasteiger partial charge >= 0.3 is 0 Å². The first-order valence-corrected chi connectivity index (χ1v) is 10.0. The molecule has 0 radical (unpaired) electrons. The average Bonchev–Trinajstić information content (AvgIpc) is 3.19. The van der Waals surface area contributed by atoms with Crippen molar-refractivity contribution < 1.29 is 23.0 Å². The van der Waals surface area contributed by atoms with Gasteiger partial charge in [-0.2, -0.15) is 10.1 Å². The molecule has 1 fully saturated rings. The molecule has 1 aliphatic carbocycles. The highest BCUT2D eigenvalue weighted by atomic mass is 19.3. The topological polar surface area (TPSA) is 81.9 Å². The number of aryl methyl sites for hydroxylation is 1. The third-order valence-corrected chi connectivity index (χ3v) is 5.95. The standard InChI is InChI=1S/C21H25F2N5O3/c1-13-7-16(28-19(26-13)24-12-25-28)15-9-21(22,23)11-27(10-15)18(29)14-5-6-17(30-3)20(2,8-14)31-4/h5-7,12,15H,8-11H2,1-4H3/t15-,20?/m0/s1. The van der Waals surface area contributed by atoms with E-state index in [9.17, 15) is 13.6 Å². The number of aromatic nitrogens is 4. The fourth-order valence-electron chi connectivity index (χ4n) is 4.37. The Morgan fingerprint density at radius 2 is 2.06 bits per heavy atom. The molecule has 0 spiro atoms. The minimum atomic E-state index is -3.03. The minimum Gasteiger partial charge on any atom is -0.498 e. The fraction of sp³-hybridized carbons (Fsp3) is 0.524. The summed E-state index contributed by atoms with van der Waals surface area (Å²) in [5.41, 5.74) is 0.795. The Morgan fingerprint density at radius 3 is 2.77 bits per heavy atom. The molecular weight excluding hydrogens is 408 g/mol. The van der Waals surface area contributed by atoms with Crippen molar-refractivity contribution in [2.75, 3.05) is 27.3 Å². The first kappa shape index (κ1) is 21.4. The van der Waals surface area contributed by atoms with E-state index in [-0.39, 0.29) is 19.4 Å². The normalized spacial score (nSPS) is 25.9. The molecule has 0 aromatic carbocycles. The van der Waals surface area contributed by atoms with Crippen LogP contribution in [0.15, 0.2) is 35.9 Å². The van der Waals surface area contributed by atoms with Gasteiger partial charge in [0, 0.05) is 43.7 Å². The molecule has 2 atom stereocenters. The highest BCUT2D eigenvalue weighted by molar-refractivity contribution is 5.94. The van der Waals surface area contributed by atoms with Crippen LogP contribution < -0.4 is 0 Å². The van der Waals surface area contributed by atoms with Crippen molar-refractivity contribution in [3.05, 3.63) is 47.3 Å². The first-order chi connectivity index (χ1) is 14.7. The molecule has 166 valence electrons. The Hall–Kier alpha value is -2.88. The number of carbonyl (C=O) groups excluding carboxylic acids is 1. The summed E-state index contributed by atoms with van der Waals surface area (Å²) in [5, 5.41) is 4.14. The average molecular weight is 433 g/mol. The van der Waals surface area contributed by atoms with Crippen LogP contribution >= 0.6 is 0 Å². The van der Waals surface area contributed by atoms with Gasteiger partial charge in [0.25, 0.3) is 11.7 Å². The van der Waals surface area contributed by atoms with Crippen LogP contribution in [0.25, 0.3) is 5.78 Å². The Kier molecular flexibility index (Phi) is 5.28. The predicted molar refractivity (Wildman–Crippen MR) is 108 cm³/mol. The zero-order chi connectivity index (χ0) is 22.4. The number of fused-ring (bicyclic) bond motifs is 1. The van der Waals surface area contributed by atoms with Crippen LogP contribution in [0.2, 0.25) is 0 Å². The van der Waals surface area contributed by atoms with Gasteiger partial charge in [-0.05, 0) is 32.1 Å². The Bertz CT molecular complexity index is 1080. The largest absolute Gasteiger partial charge is 0.498 e. The van der Waals surface area contributed by atoms with E-state index in [4.69, 9.17) is 9.47 Å². The van der Waals surface area contributed by atoms with E-state index in [0.717, 1.165) is 0 Å². The Morgan fingerprint density at radius 1 is 1.29 bits per heavy atom. The molecule has 3 heterocycles. The second-order valence-electron chi connectivity index (χ2n) is 8.28. The monoisotopic (exact) mass is 433 g/mol. The number of amides is 1. The van der Waals surface area contributed by atoms with Crippen LogP contribution in [0.3, 0.4) is 0 Å². The maximum Gasteiger partial charge on any atom is 0.266 e. The molecule has 10 heteroatoms. The molecule has 2 aromatic heterocycles. The molecule has 0 saturated carbocycles. The highest BCUT2D eigenvalue weighted by Crippen LogP contribution is 2.39. The van der Waals surface area contributed by atoms with Crippen molar-refractivity contribution in [3.63, 3.8) is 0 Å². The van der Waals surface area contributed by atoms with Crippen LogP contribution in [-0.4, -0.2) is 69.2 Å². The van der Waals surface area contributed by atoms with E-state index < -0.39 is 29.9 Å². The summed E-state index contributed by atoms with van der Waals surface area (Å²) in [4.78, 5) is 22.8. The highest BCUT2D eigenvalue weighted by Gasteiger charge is 2.45. The van der Waals surface area contributed by atoms with Gasteiger partial charge in [-0.25, -0.2) is 18.3 Å². The maximum atomic E-state index is 14.7. The molecule has 0 bridgehead atoms. The van der Waals surface area contributed by atoms with Crippen molar-refractivity contribution in [3.8, 4) is 0 Å². The summed E-state index contributed by atoms with van der Waals surface area (Å²) < 4.78 is 41.9. The molecule has 8 nitrogen and oxygen atoms in total. The maximum absolute atomic E-state index is 14.7. The SMILES string of the molecule is COC1=CC=C(C(=O)N2C[C@@H](c3cc(C)nc4ncnn34)CC(F)(F)C2)CC1(C)OC. The lowest BCUT2D eigenvalue weighted by Crippen LogP contribution is -2.50. The van der Waals surface area contributed by atoms with Gasteiger partial charge in [-0.15, -0.1) is 0 Å². The lowest BCUT2D eigenvalue weighted by molar-refractivity contribution is -0.140. The van der Waals surface area contributed by atoms with E-state index >= 15 is 0 Å². The first-order valence-electron chi connectivity index (χ1n) is 10.0. The number of alkyl halides is 2. The van der Waals surface area contributed by atoms with E-state index in [0.29, 0.717) is 28.5 Å². The Balaban J connectivity index is 1.65. The number of methoxy groups -OCH3 is 2. The van der Waals surface area contributed by atoms with E-state index in [1.165, 1.54) is 30.0 Å². The summed E-state index contributed by atoms with van der Waals surface area (Å²) >= 11 is 0. The second kappa shape index (κ2) is 7.67. The lowest BCUT2D eigenvalue weighted by atomic mass is 9.87. The third kappa shape index (κ3) is 3.91. The van der Waals surface area contributed by atoms with E-state index in [1.54, 1.807) is 32.1 Å². The zero-order valence-corrected chi connectivity index (χ0v) is 17.9. The number of ether oxygens (including phenoxy) is 2. The van der Waals surface area contributed by atoms with Crippen LogP contribution in [-0.2, 0) is 14.3 Å². The van der Waals surface area contributed by atoms with Crippen molar-refractivity contribution in [2.45, 2.75) is 44.1 Å². The molecule has 1 saturated heterocycles. The summed E-state index contributed by atoms with van der Waals surface area (Å²) in [6.45, 7) is 3.10. The summed E-state index contributed by atoms with van der Waals surface area (Å²) in [7, 11) is 3.06. The molecule has 2 aromatic rings. The van der Waals surface area contributed by atoms with Crippen LogP contribution in [0.4, 0.5) is 8.78 Å². The number of allylic oxidation sites excluding steroid dienone is 2. The number of hydrogen-bond donors (Lipinski definition) is 0. The number of hydrogen-bond acceptors (Lipinski definition) is 6. The number of nitrogens with zero attached hydrogens (tertiary/aromatic N) is 5. The van der Waals surface area contributed by atoms with Crippen molar-refractivity contribution in [2.24, 2.45) is 0 Å². The van der Waals surface area contributed by atoms with Gasteiger partial charge in [0.2, 0.25) is 5.91 Å². The van der Waals surface area contributed by atoms with Crippen LogP contribution in [0.1, 0.15) is 37.1 Å². The van der Waals surface area contributed by atoms with Crippen LogP contribution in [0.5, 0.6) is 0 Å². The third-order valence-electron chi connectivity index (χ3n) is 5.95. The van der Waals surface area contributed by atoms with Gasteiger partial charge in [0.15, 0.2) is 0 Å². The predicted octanol–water partition coefficient (Wildman–Crippen LogP) is 2.65. The molecule has 1 unspecified atom stereocenters. The molecular formula is C21H25F2N5O3. The number of piperidine rings is 1. The smallest absolute Gasteiger partial charge is 0.266 e. The van der Waals surface area contributed by atoms with Crippen LogP contribution in [0, 0.1) is 6.92 Å². The van der Waals surface area contributed by atoms with E-state index in [1.807, 2.05) is 0 Å². The van der Waals surface area contributed by atoms with E-state index in [2.05, 4.69) is 15.1 Å². The van der Waals surface area contributed by atoms with Gasteiger partial charge in [-0.3, -0.25) is 4.79 Å². The van der Waals surface area contributed by atoms with Gasteiger partial charge in [0.05, 0.1) is 19.3 Å². The number of carbonyl (C=O) groups is 1. The quantitative estimate of drug-likeness (QED) is 0.738. The number of halogens is 2. The summed E-state index contributed by atoms with van der Waals surface area (Å²) in [6, 6.07) is 1.73.